The van der Waals surface area contributed by atoms with Gasteiger partial charge in [-0.1, -0.05) is 30.7 Å². The normalized spacial score (nSPS) is 12.2. The van der Waals surface area contributed by atoms with Crippen molar-refractivity contribution in [3.8, 4) is 11.5 Å². The number of aryl methyl sites for hydroxylation is 1. The Morgan fingerprint density at radius 3 is 2.62 bits per heavy atom. The van der Waals surface area contributed by atoms with Gasteiger partial charge in [0.15, 0.2) is 11.6 Å². The Morgan fingerprint density at radius 2 is 1.95 bits per heavy atom. The van der Waals surface area contributed by atoms with Gasteiger partial charge in [-0.25, -0.2) is 4.39 Å². The fourth-order valence-corrected chi connectivity index (χ4v) is 2.26. The Bertz CT molecular complexity index is 630. The van der Waals surface area contributed by atoms with E-state index in [9.17, 15) is 4.39 Å². The molecule has 2 nitrogen and oxygen atoms in total. The average Bonchev–Trinajstić information content (AvgIpc) is 2.45. The van der Waals surface area contributed by atoms with Crippen molar-refractivity contribution in [2.75, 3.05) is 6.54 Å². The molecule has 1 unspecified atom stereocenters. The van der Waals surface area contributed by atoms with Gasteiger partial charge < -0.3 is 10.1 Å². The highest BCUT2D eigenvalue weighted by Gasteiger charge is 2.11. The van der Waals surface area contributed by atoms with Crippen molar-refractivity contribution in [1.29, 1.82) is 0 Å². The molecule has 4 heteroatoms. The van der Waals surface area contributed by atoms with E-state index >= 15 is 0 Å². The van der Waals surface area contributed by atoms with Crippen LogP contribution < -0.4 is 10.1 Å². The van der Waals surface area contributed by atoms with E-state index < -0.39 is 5.82 Å². The number of rotatable bonds is 5. The zero-order valence-electron chi connectivity index (χ0n) is 12.4. The summed E-state index contributed by atoms with van der Waals surface area (Å²) in [5.41, 5.74) is 1.89. The number of benzene rings is 2. The highest BCUT2D eigenvalue weighted by molar-refractivity contribution is 6.32. The third kappa shape index (κ3) is 3.96. The van der Waals surface area contributed by atoms with Gasteiger partial charge in [0.1, 0.15) is 5.75 Å². The summed E-state index contributed by atoms with van der Waals surface area (Å²) >= 11 is 6.06. The van der Waals surface area contributed by atoms with Crippen molar-refractivity contribution in [2.45, 2.75) is 26.8 Å². The lowest BCUT2D eigenvalue weighted by Gasteiger charge is -2.14. The molecule has 2 aromatic rings. The van der Waals surface area contributed by atoms with Gasteiger partial charge >= 0.3 is 0 Å². The monoisotopic (exact) mass is 307 g/mol. The van der Waals surface area contributed by atoms with Crippen molar-refractivity contribution < 1.29 is 9.13 Å². The SMILES string of the molecule is CCNC(C)c1ccc(Oc2cc(C)ccc2Cl)c(F)c1. The zero-order chi connectivity index (χ0) is 15.4. The standard InChI is InChI=1S/C17H19ClFNO/c1-4-20-12(3)13-6-8-16(15(19)10-13)21-17-9-11(2)5-7-14(17)18/h5-10,12,20H,4H2,1-3H3. The molecule has 0 spiro atoms. The zero-order valence-corrected chi connectivity index (χ0v) is 13.2. The van der Waals surface area contributed by atoms with E-state index in [1.54, 1.807) is 18.2 Å². The van der Waals surface area contributed by atoms with Gasteiger partial charge in [0.2, 0.25) is 0 Å². The topological polar surface area (TPSA) is 21.3 Å². The fourth-order valence-electron chi connectivity index (χ4n) is 2.10. The lowest BCUT2D eigenvalue weighted by Crippen LogP contribution is -2.17. The quantitative estimate of drug-likeness (QED) is 0.814. The molecule has 0 saturated heterocycles. The van der Waals surface area contributed by atoms with E-state index in [-0.39, 0.29) is 11.8 Å². The summed E-state index contributed by atoms with van der Waals surface area (Å²) in [7, 11) is 0. The summed E-state index contributed by atoms with van der Waals surface area (Å²) in [6.45, 7) is 6.78. The Labute approximate surface area is 129 Å². The van der Waals surface area contributed by atoms with Crippen molar-refractivity contribution >= 4 is 11.6 Å². The molecule has 1 N–H and O–H groups in total. The molecule has 0 aliphatic heterocycles. The first kappa shape index (κ1) is 15.8. The molecule has 0 bridgehead atoms. The molecule has 112 valence electrons. The smallest absolute Gasteiger partial charge is 0.166 e. The molecule has 0 radical (unpaired) electrons. The van der Waals surface area contributed by atoms with E-state index in [0.29, 0.717) is 10.8 Å². The van der Waals surface area contributed by atoms with Crippen LogP contribution >= 0.6 is 11.6 Å². The largest absolute Gasteiger partial charge is 0.453 e. The molecule has 2 rings (SSSR count). The number of ether oxygens (including phenoxy) is 1. The van der Waals surface area contributed by atoms with Gasteiger partial charge in [0, 0.05) is 6.04 Å². The van der Waals surface area contributed by atoms with Gasteiger partial charge in [0.25, 0.3) is 0 Å². The van der Waals surface area contributed by atoms with Crippen LogP contribution in [0, 0.1) is 12.7 Å². The van der Waals surface area contributed by atoms with Crippen LogP contribution in [0.25, 0.3) is 0 Å². The molecule has 21 heavy (non-hydrogen) atoms. The summed E-state index contributed by atoms with van der Waals surface area (Å²) < 4.78 is 19.8. The van der Waals surface area contributed by atoms with Crippen molar-refractivity contribution in [2.24, 2.45) is 0 Å². The average molecular weight is 308 g/mol. The number of hydrogen-bond acceptors (Lipinski definition) is 2. The van der Waals surface area contributed by atoms with Crippen molar-refractivity contribution in [3.05, 3.63) is 58.4 Å². The number of hydrogen-bond donors (Lipinski definition) is 1. The van der Waals surface area contributed by atoms with Crippen molar-refractivity contribution in [3.63, 3.8) is 0 Å². The first-order valence-corrected chi connectivity index (χ1v) is 7.36. The fraction of sp³-hybridized carbons (Fsp3) is 0.294. The molecule has 1 atom stereocenters. The van der Waals surface area contributed by atoms with Gasteiger partial charge in [-0.15, -0.1) is 0 Å². The second-order valence-corrected chi connectivity index (χ2v) is 5.41. The molecule has 0 aliphatic carbocycles. The summed E-state index contributed by atoms with van der Waals surface area (Å²) in [5, 5.41) is 3.71. The highest BCUT2D eigenvalue weighted by Crippen LogP contribution is 2.32. The Morgan fingerprint density at radius 1 is 1.19 bits per heavy atom. The summed E-state index contributed by atoms with van der Waals surface area (Å²) in [4.78, 5) is 0. The molecular weight excluding hydrogens is 289 g/mol. The predicted octanol–water partition coefficient (Wildman–Crippen LogP) is 5.25. The summed E-state index contributed by atoms with van der Waals surface area (Å²) in [6.07, 6.45) is 0. The van der Waals surface area contributed by atoms with Crippen molar-refractivity contribution in [1.82, 2.24) is 5.32 Å². The number of halogens is 2. The lowest BCUT2D eigenvalue weighted by atomic mass is 10.1. The molecular formula is C17H19ClFNO. The van der Waals surface area contributed by atoms with E-state index in [1.807, 2.05) is 32.9 Å². The molecule has 0 aliphatic rings. The minimum absolute atomic E-state index is 0.0982. The van der Waals surface area contributed by atoms with E-state index in [2.05, 4.69) is 5.32 Å². The molecule has 2 aromatic carbocycles. The molecule has 0 heterocycles. The van der Waals surface area contributed by atoms with Crippen LogP contribution in [0.15, 0.2) is 36.4 Å². The Balaban J connectivity index is 2.23. The van der Waals surface area contributed by atoms with Gasteiger partial charge in [-0.3, -0.25) is 0 Å². The first-order chi connectivity index (χ1) is 10.0. The molecule has 0 amide bonds. The van der Waals surface area contributed by atoms with Crippen LogP contribution in [0.2, 0.25) is 5.02 Å². The van der Waals surface area contributed by atoms with Crippen LogP contribution in [0.4, 0.5) is 4.39 Å². The minimum atomic E-state index is -0.394. The second-order valence-electron chi connectivity index (χ2n) is 5.01. The summed E-state index contributed by atoms with van der Waals surface area (Å²) in [6, 6.07) is 10.5. The third-order valence-corrected chi connectivity index (χ3v) is 3.59. The van der Waals surface area contributed by atoms with Crippen LogP contribution in [0.1, 0.15) is 31.0 Å². The van der Waals surface area contributed by atoms with E-state index in [4.69, 9.17) is 16.3 Å². The highest BCUT2D eigenvalue weighted by atomic mass is 35.5. The number of nitrogens with one attached hydrogen (secondary N) is 1. The Kier molecular flexibility index (Phi) is 5.21. The molecule has 0 aromatic heterocycles. The first-order valence-electron chi connectivity index (χ1n) is 6.98. The van der Waals surface area contributed by atoms with Gasteiger partial charge in [0.05, 0.1) is 5.02 Å². The van der Waals surface area contributed by atoms with Gasteiger partial charge in [-0.05, 0) is 55.8 Å². The lowest BCUT2D eigenvalue weighted by molar-refractivity contribution is 0.440. The van der Waals surface area contributed by atoms with Gasteiger partial charge in [-0.2, -0.15) is 0 Å². The second kappa shape index (κ2) is 6.92. The van der Waals surface area contributed by atoms with Crippen LogP contribution in [-0.2, 0) is 0 Å². The van der Waals surface area contributed by atoms with E-state index in [0.717, 1.165) is 17.7 Å². The maximum Gasteiger partial charge on any atom is 0.166 e. The third-order valence-electron chi connectivity index (χ3n) is 3.27. The minimum Gasteiger partial charge on any atom is -0.453 e. The van der Waals surface area contributed by atoms with Crippen LogP contribution in [0.5, 0.6) is 11.5 Å². The Hall–Kier alpha value is -1.58. The van der Waals surface area contributed by atoms with E-state index in [1.165, 1.54) is 6.07 Å². The van der Waals surface area contributed by atoms with Crippen LogP contribution in [0.3, 0.4) is 0 Å². The van der Waals surface area contributed by atoms with Crippen LogP contribution in [-0.4, -0.2) is 6.54 Å². The maximum atomic E-state index is 14.2. The predicted molar refractivity (Wildman–Crippen MR) is 84.8 cm³/mol. The molecule has 0 fully saturated rings. The molecule has 0 saturated carbocycles. The maximum absolute atomic E-state index is 14.2. The summed E-state index contributed by atoms with van der Waals surface area (Å²) in [5.74, 6) is 0.243.